The van der Waals surface area contributed by atoms with Gasteiger partial charge in [0.2, 0.25) is 0 Å². The second-order valence-electron chi connectivity index (χ2n) is 5.89. The maximum atomic E-state index is 12.6. The Hall–Kier alpha value is -0.350. The zero-order valence-corrected chi connectivity index (χ0v) is 15.8. The SMILES string of the molecule is COc1cc(Br)c2c(c1)C(C)(CCCCCBr)C(=O)CC2. The molecule has 0 saturated heterocycles. The highest BCUT2D eigenvalue weighted by Crippen LogP contribution is 2.43. The molecule has 0 amide bonds. The van der Waals surface area contributed by atoms with E-state index in [-0.39, 0.29) is 5.41 Å². The van der Waals surface area contributed by atoms with Crippen LogP contribution < -0.4 is 4.74 Å². The van der Waals surface area contributed by atoms with Crippen LogP contribution >= 0.6 is 31.9 Å². The normalized spacial score (nSPS) is 21.2. The first-order valence-corrected chi connectivity index (χ1v) is 9.40. The number of hydrogen-bond donors (Lipinski definition) is 0. The van der Waals surface area contributed by atoms with E-state index in [2.05, 4.69) is 44.8 Å². The van der Waals surface area contributed by atoms with Gasteiger partial charge in [0.25, 0.3) is 0 Å². The van der Waals surface area contributed by atoms with Gasteiger partial charge in [0.15, 0.2) is 0 Å². The van der Waals surface area contributed by atoms with Crippen molar-refractivity contribution in [3.63, 3.8) is 0 Å². The van der Waals surface area contributed by atoms with Gasteiger partial charge in [0.05, 0.1) is 12.5 Å². The van der Waals surface area contributed by atoms with Gasteiger partial charge in [-0.15, -0.1) is 0 Å². The van der Waals surface area contributed by atoms with Crippen LogP contribution in [0.5, 0.6) is 5.75 Å². The summed E-state index contributed by atoms with van der Waals surface area (Å²) in [6.07, 6.45) is 5.81. The molecule has 0 bridgehead atoms. The van der Waals surface area contributed by atoms with E-state index in [1.165, 1.54) is 12.0 Å². The molecule has 4 heteroatoms. The van der Waals surface area contributed by atoms with Gasteiger partial charge in [-0.2, -0.15) is 0 Å². The Morgan fingerprint density at radius 3 is 2.67 bits per heavy atom. The van der Waals surface area contributed by atoms with Gasteiger partial charge in [-0.25, -0.2) is 0 Å². The van der Waals surface area contributed by atoms with E-state index in [0.29, 0.717) is 12.2 Å². The fourth-order valence-corrected chi connectivity index (χ4v) is 4.20. The number of carbonyl (C=O) groups excluding carboxylic acids is 1. The summed E-state index contributed by atoms with van der Waals surface area (Å²) in [6.45, 7) is 2.10. The van der Waals surface area contributed by atoms with Crippen LogP contribution in [0.4, 0.5) is 0 Å². The van der Waals surface area contributed by atoms with E-state index in [9.17, 15) is 4.79 Å². The fourth-order valence-electron chi connectivity index (χ4n) is 3.16. The molecule has 0 aromatic heterocycles. The maximum absolute atomic E-state index is 12.6. The molecule has 21 heavy (non-hydrogen) atoms. The molecule has 0 spiro atoms. The number of ether oxygens (including phenoxy) is 1. The molecule has 0 N–H and O–H groups in total. The smallest absolute Gasteiger partial charge is 0.143 e. The number of ketones is 1. The first-order valence-electron chi connectivity index (χ1n) is 7.49. The monoisotopic (exact) mass is 416 g/mol. The van der Waals surface area contributed by atoms with Gasteiger partial charge in [-0.1, -0.05) is 44.7 Å². The van der Waals surface area contributed by atoms with Crippen LogP contribution in [0.3, 0.4) is 0 Å². The number of halogens is 2. The molecule has 1 atom stereocenters. The first kappa shape index (κ1) is 17.0. The van der Waals surface area contributed by atoms with Crippen molar-refractivity contribution in [3.05, 3.63) is 27.7 Å². The van der Waals surface area contributed by atoms with Crippen LogP contribution in [-0.2, 0) is 16.6 Å². The molecular weight excluding hydrogens is 396 g/mol. The number of benzene rings is 1. The van der Waals surface area contributed by atoms with Crippen molar-refractivity contribution in [2.24, 2.45) is 0 Å². The second-order valence-corrected chi connectivity index (χ2v) is 7.54. The molecule has 1 aliphatic carbocycles. The molecule has 1 aromatic carbocycles. The number of unbranched alkanes of at least 4 members (excludes halogenated alkanes) is 2. The lowest BCUT2D eigenvalue weighted by Crippen LogP contribution is -2.37. The summed E-state index contributed by atoms with van der Waals surface area (Å²) >= 11 is 7.11. The lowest BCUT2D eigenvalue weighted by molar-refractivity contribution is -0.125. The van der Waals surface area contributed by atoms with Crippen molar-refractivity contribution in [1.82, 2.24) is 0 Å². The van der Waals surface area contributed by atoms with E-state index in [1.54, 1.807) is 7.11 Å². The first-order chi connectivity index (χ1) is 10.0. The number of carbonyl (C=O) groups is 1. The average Bonchev–Trinajstić information content (AvgIpc) is 2.48. The molecule has 0 fully saturated rings. The minimum atomic E-state index is -0.364. The largest absolute Gasteiger partial charge is 0.497 e. The fraction of sp³-hybridized carbons (Fsp3) is 0.588. The van der Waals surface area contributed by atoms with Gasteiger partial charge in [0, 0.05) is 16.2 Å². The number of hydrogen-bond acceptors (Lipinski definition) is 2. The van der Waals surface area contributed by atoms with Crippen molar-refractivity contribution < 1.29 is 9.53 Å². The van der Waals surface area contributed by atoms with Crippen molar-refractivity contribution in [3.8, 4) is 5.75 Å². The van der Waals surface area contributed by atoms with Crippen LogP contribution in [0.15, 0.2) is 16.6 Å². The third kappa shape index (κ3) is 3.53. The molecule has 0 saturated carbocycles. The van der Waals surface area contributed by atoms with Crippen molar-refractivity contribution in [2.45, 2.75) is 50.9 Å². The van der Waals surface area contributed by atoms with Crippen LogP contribution in [0, 0.1) is 0 Å². The van der Waals surface area contributed by atoms with E-state index in [1.807, 2.05) is 6.07 Å². The van der Waals surface area contributed by atoms with Gasteiger partial charge in [0.1, 0.15) is 11.5 Å². The van der Waals surface area contributed by atoms with Gasteiger partial charge in [-0.3, -0.25) is 4.79 Å². The summed E-state index contributed by atoms with van der Waals surface area (Å²) < 4.78 is 6.45. The summed E-state index contributed by atoms with van der Waals surface area (Å²) in [7, 11) is 1.67. The molecule has 1 unspecified atom stereocenters. The number of fused-ring (bicyclic) bond motifs is 1. The van der Waals surface area contributed by atoms with Crippen LogP contribution in [0.2, 0.25) is 0 Å². The van der Waals surface area contributed by atoms with Crippen molar-refractivity contribution >= 4 is 37.6 Å². The van der Waals surface area contributed by atoms with Crippen LogP contribution in [-0.4, -0.2) is 18.2 Å². The zero-order chi connectivity index (χ0) is 15.5. The molecule has 2 rings (SSSR count). The lowest BCUT2D eigenvalue weighted by atomic mass is 9.67. The Morgan fingerprint density at radius 2 is 2.00 bits per heavy atom. The summed E-state index contributed by atoms with van der Waals surface area (Å²) in [4.78, 5) is 12.6. The van der Waals surface area contributed by atoms with Crippen molar-refractivity contribution in [1.29, 1.82) is 0 Å². The predicted molar refractivity (Wildman–Crippen MR) is 93.6 cm³/mol. The highest BCUT2D eigenvalue weighted by molar-refractivity contribution is 9.10. The minimum absolute atomic E-state index is 0.364. The average molecular weight is 418 g/mol. The summed E-state index contributed by atoms with van der Waals surface area (Å²) in [6, 6.07) is 4.06. The lowest BCUT2D eigenvalue weighted by Gasteiger charge is -2.35. The van der Waals surface area contributed by atoms with Crippen LogP contribution in [0.25, 0.3) is 0 Å². The Balaban J connectivity index is 2.33. The third-order valence-corrected chi connectivity index (χ3v) is 5.80. The maximum Gasteiger partial charge on any atom is 0.143 e. The quantitative estimate of drug-likeness (QED) is 0.470. The standard InChI is InChI=1S/C17H22Br2O2/c1-17(8-4-3-5-9-18)14-10-12(21-2)11-15(19)13(14)6-7-16(17)20/h10-11H,3-9H2,1-2H3. The molecule has 1 aromatic rings. The summed E-state index contributed by atoms with van der Waals surface area (Å²) in [5.74, 6) is 1.19. The predicted octanol–water partition coefficient (Wildman–Crippen LogP) is 5.19. The zero-order valence-electron chi connectivity index (χ0n) is 12.7. The molecule has 116 valence electrons. The number of rotatable bonds is 6. The highest BCUT2D eigenvalue weighted by Gasteiger charge is 2.39. The molecule has 1 aliphatic rings. The topological polar surface area (TPSA) is 26.3 Å². The third-order valence-electron chi connectivity index (χ3n) is 4.53. The molecule has 2 nitrogen and oxygen atoms in total. The molecular formula is C17H22Br2O2. The van der Waals surface area contributed by atoms with Gasteiger partial charge in [-0.05, 0) is 49.4 Å². The Kier molecular flexibility index (Phi) is 5.89. The summed E-state index contributed by atoms with van der Waals surface area (Å²) in [5.41, 5.74) is 2.07. The number of alkyl halides is 1. The van der Waals surface area contributed by atoms with Crippen molar-refractivity contribution in [2.75, 3.05) is 12.4 Å². The van der Waals surface area contributed by atoms with E-state index in [4.69, 9.17) is 4.74 Å². The van der Waals surface area contributed by atoms with E-state index < -0.39 is 0 Å². The molecule has 0 heterocycles. The van der Waals surface area contributed by atoms with E-state index >= 15 is 0 Å². The highest BCUT2D eigenvalue weighted by atomic mass is 79.9. The van der Waals surface area contributed by atoms with Crippen LogP contribution in [0.1, 0.15) is 50.2 Å². The summed E-state index contributed by atoms with van der Waals surface area (Å²) in [5, 5.41) is 1.04. The van der Waals surface area contributed by atoms with E-state index in [0.717, 1.165) is 46.8 Å². The van der Waals surface area contributed by atoms with Gasteiger partial charge < -0.3 is 4.74 Å². The second kappa shape index (κ2) is 7.28. The molecule has 0 aliphatic heterocycles. The van der Waals surface area contributed by atoms with Gasteiger partial charge >= 0.3 is 0 Å². The Bertz CT molecular complexity index is 528. The minimum Gasteiger partial charge on any atom is -0.497 e. The Morgan fingerprint density at radius 1 is 1.24 bits per heavy atom. The molecule has 0 radical (unpaired) electrons. The Labute approximate surface area is 143 Å². The number of Topliss-reactive ketones (excluding diaryl/α,β-unsaturated/α-hetero) is 1. The number of methoxy groups -OCH3 is 1.